The van der Waals surface area contributed by atoms with Crippen LogP contribution in [0.5, 0.6) is 0 Å². The Morgan fingerprint density at radius 3 is 2.89 bits per heavy atom. The van der Waals surface area contributed by atoms with Crippen LogP contribution in [0.1, 0.15) is 13.8 Å². The number of nitrogens with zero attached hydrogens (tertiary/aromatic N) is 2. The van der Waals surface area contributed by atoms with Crippen LogP contribution in [0.2, 0.25) is 0 Å². The SMILES string of the molecule is C=C1C=CC(/C=C\C)C(/C=N\CC(=C)/N=C\C)=C1. The van der Waals surface area contributed by atoms with Gasteiger partial charge in [-0.05, 0) is 31.1 Å². The highest BCUT2D eigenvalue weighted by Crippen LogP contribution is 2.21. The normalized spacial score (nSPS) is 20.2. The fourth-order valence-corrected chi connectivity index (χ4v) is 1.68. The van der Waals surface area contributed by atoms with Gasteiger partial charge in [0.05, 0.1) is 12.2 Å². The Kier molecular flexibility index (Phi) is 5.78. The molecule has 1 aliphatic rings. The maximum atomic E-state index is 4.37. The molecule has 0 bridgehead atoms. The summed E-state index contributed by atoms with van der Waals surface area (Å²) in [5.41, 5.74) is 2.92. The van der Waals surface area contributed by atoms with Crippen molar-refractivity contribution in [3.8, 4) is 0 Å². The van der Waals surface area contributed by atoms with Gasteiger partial charge in [0.1, 0.15) is 0 Å². The van der Waals surface area contributed by atoms with Gasteiger partial charge in [0.15, 0.2) is 0 Å². The molecule has 18 heavy (non-hydrogen) atoms. The van der Waals surface area contributed by atoms with E-state index in [-0.39, 0.29) is 5.92 Å². The van der Waals surface area contributed by atoms with Gasteiger partial charge in [0.2, 0.25) is 0 Å². The van der Waals surface area contributed by atoms with E-state index < -0.39 is 0 Å². The van der Waals surface area contributed by atoms with Crippen molar-refractivity contribution in [2.45, 2.75) is 13.8 Å². The molecule has 1 aliphatic carbocycles. The van der Waals surface area contributed by atoms with E-state index in [1.54, 1.807) is 6.21 Å². The molecule has 1 atom stereocenters. The summed E-state index contributed by atoms with van der Waals surface area (Å²) in [4.78, 5) is 8.44. The average Bonchev–Trinajstić information content (AvgIpc) is 2.33. The van der Waals surface area contributed by atoms with Crippen LogP contribution in [-0.4, -0.2) is 19.0 Å². The minimum atomic E-state index is 0.284. The van der Waals surface area contributed by atoms with Gasteiger partial charge < -0.3 is 0 Å². The third-order valence-electron chi connectivity index (χ3n) is 2.48. The number of allylic oxidation sites excluding steroid dienone is 7. The van der Waals surface area contributed by atoms with Crippen LogP contribution < -0.4 is 0 Å². The van der Waals surface area contributed by atoms with Crippen LogP contribution in [0.4, 0.5) is 0 Å². The highest BCUT2D eigenvalue weighted by atomic mass is 14.8. The van der Waals surface area contributed by atoms with E-state index in [4.69, 9.17) is 0 Å². The van der Waals surface area contributed by atoms with Crippen molar-refractivity contribution >= 4 is 12.4 Å². The van der Waals surface area contributed by atoms with Gasteiger partial charge in [-0.25, -0.2) is 0 Å². The van der Waals surface area contributed by atoms with Gasteiger partial charge >= 0.3 is 0 Å². The van der Waals surface area contributed by atoms with Crippen molar-refractivity contribution < 1.29 is 0 Å². The summed E-state index contributed by atoms with van der Waals surface area (Å²) >= 11 is 0. The molecule has 1 rings (SSSR count). The molecular weight excluding hydrogens is 220 g/mol. The van der Waals surface area contributed by atoms with Crippen molar-refractivity contribution in [2.75, 3.05) is 6.54 Å². The number of aliphatic imine (C=N–C) groups is 2. The zero-order valence-electron chi connectivity index (χ0n) is 11.1. The molecule has 0 saturated carbocycles. The molecule has 0 fully saturated rings. The molecule has 0 aromatic rings. The number of hydrogen-bond donors (Lipinski definition) is 0. The summed E-state index contributed by atoms with van der Waals surface area (Å²) in [6, 6.07) is 0. The highest BCUT2D eigenvalue weighted by Gasteiger charge is 2.09. The van der Waals surface area contributed by atoms with Gasteiger partial charge in [-0.3, -0.25) is 9.98 Å². The monoisotopic (exact) mass is 240 g/mol. The zero-order chi connectivity index (χ0) is 13.4. The van der Waals surface area contributed by atoms with Gasteiger partial charge in [-0.15, -0.1) is 0 Å². The molecule has 0 radical (unpaired) electrons. The largest absolute Gasteiger partial charge is 0.287 e. The number of rotatable bonds is 5. The minimum Gasteiger partial charge on any atom is -0.287 e. The Morgan fingerprint density at radius 2 is 2.22 bits per heavy atom. The van der Waals surface area contributed by atoms with Crippen molar-refractivity contribution in [3.63, 3.8) is 0 Å². The molecule has 0 amide bonds. The topological polar surface area (TPSA) is 24.7 Å². The second-order valence-corrected chi connectivity index (χ2v) is 4.05. The fraction of sp³-hybridized carbons (Fsp3) is 0.250. The molecular formula is C16H20N2. The molecule has 0 N–H and O–H groups in total. The third-order valence-corrected chi connectivity index (χ3v) is 2.48. The predicted octanol–water partition coefficient (Wildman–Crippen LogP) is 3.91. The van der Waals surface area contributed by atoms with Crippen LogP contribution in [0.3, 0.4) is 0 Å². The van der Waals surface area contributed by atoms with Crippen LogP contribution in [0.15, 0.2) is 70.4 Å². The van der Waals surface area contributed by atoms with E-state index in [1.165, 1.54) is 0 Å². The van der Waals surface area contributed by atoms with Gasteiger partial charge in [-0.1, -0.05) is 37.5 Å². The summed E-state index contributed by atoms with van der Waals surface area (Å²) in [5.74, 6) is 0.284. The van der Waals surface area contributed by atoms with Crippen LogP contribution in [-0.2, 0) is 0 Å². The first-order chi connectivity index (χ1) is 8.67. The van der Waals surface area contributed by atoms with Crippen molar-refractivity contribution in [2.24, 2.45) is 15.9 Å². The molecule has 2 heteroatoms. The van der Waals surface area contributed by atoms with Crippen molar-refractivity contribution in [3.05, 3.63) is 60.4 Å². The Bertz CT molecular complexity index is 459. The molecule has 0 aliphatic heterocycles. The van der Waals surface area contributed by atoms with Crippen LogP contribution in [0.25, 0.3) is 0 Å². The van der Waals surface area contributed by atoms with E-state index in [0.29, 0.717) is 6.54 Å². The van der Waals surface area contributed by atoms with Crippen LogP contribution >= 0.6 is 0 Å². The van der Waals surface area contributed by atoms with Crippen LogP contribution in [0, 0.1) is 5.92 Å². The van der Waals surface area contributed by atoms with E-state index in [9.17, 15) is 0 Å². The Hall–Kier alpha value is -1.96. The number of hydrogen-bond acceptors (Lipinski definition) is 2. The molecule has 2 nitrogen and oxygen atoms in total. The average molecular weight is 240 g/mol. The smallest absolute Gasteiger partial charge is 0.0805 e. The maximum absolute atomic E-state index is 4.37. The summed E-state index contributed by atoms with van der Waals surface area (Å²) < 4.78 is 0. The minimum absolute atomic E-state index is 0.284. The quantitative estimate of drug-likeness (QED) is 0.514. The lowest BCUT2D eigenvalue weighted by Crippen LogP contribution is -2.04. The third kappa shape index (κ3) is 4.50. The molecule has 0 aromatic heterocycles. The summed E-state index contributed by atoms with van der Waals surface area (Å²) in [6.07, 6.45) is 14.0. The molecule has 0 spiro atoms. The predicted molar refractivity (Wildman–Crippen MR) is 81.3 cm³/mol. The first-order valence-corrected chi connectivity index (χ1v) is 6.05. The van der Waals surface area contributed by atoms with E-state index in [2.05, 4.69) is 41.4 Å². The summed E-state index contributed by atoms with van der Waals surface area (Å²) in [5, 5.41) is 0. The molecule has 0 heterocycles. The Morgan fingerprint density at radius 1 is 1.44 bits per heavy atom. The molecule has 0 aromatic carbocycles. The lowest BCUT2D eigenvalue weighted by atomic mass is 9.92. The first-order valence-electron chi connectivity index (χ1n) is 6.05. The van der Waals surface area contributed by atoms with E-state index in [0.717, 1.165) is 16.8 Å². The van der Waals surface area contributed by atoms with Gasteiger partial charge in [0, 0.05) is 18.3 Å². The van der Waals surface area contributed by atoms with Crippen molar-refractivity contribution in [1.29, 1.82) is 0 Å². The Labute approximate surface area is 110 Å². The summed E-state index contributed by atoms with van der Waals surface area (Å²) in [6.45, 7) is 12.2. The zero-order valence-corrected chi connectivity index (χ0v) is 11.1. The van der Waals surface area contributed by atoms with E-state index in [1.807, 2.05) is 32.2 Å². The second-order valence-electron chi connectivity index (χ2n) is 4.05. The summed E-state index contributed by atoms with van der Waals surface area (Å²) in [7, 11) is 0. The van der Waals surface area contributed by atoms with E-state index >= 15 is 0 Å². The molecule has 1 unspecified atom stereocenters. The molecule has 94 valence electrons. The highest BCUT2D eigenvalue weighted by molar-refractivity contribution is 5.82. The maximum Gasteiger partial charge on any atom is 0.0805 e. The Balaban J connectivity index is 2.71. The fourth-order valence-electron chi connectivity index (χ4n) is 1.68. The standard InChI is InChI=1S/C16H20N2/c1-5-7-15-9-8-13(3)10-16(15)12-17-11-14(4)18-6-2/h5-10,12,15H,3-4,11H2,1-2H3/b7-5-,17-12-,18-6-. The lowest BCUT2D eigenvalue weighted by molar-refractivity contribution is 1.00. The second kappa shape index (κ2) is 7.38. The lowest BCUT2D eigenvalue weighted by Gasteiger charge is -2.14. The molecule has 0 saturated heterocycles. The first kappa shape index (κ1) is 14.1. The van der Waals surface area contributed by atoms with Gasteiger partial charge in [0.25, 0.3) is 0 Å². The van der Waals surface area contributed by atoms with Crippen molar-refractivity contribution in [1.82, 2.24) is 0 Å². The van der Waals surface area contributed by atoms with Gasteiger partial charge in [-0.2, -0.15) is 0 Å².